The van der Waals surface area contributed by atoms with Gasteiger partial charge in [0.15, 0.2) is 0 Å². The SMILES string of the molecule is CC(NCCOCC(F)(F)F)c1sccc1Br. The summed E-state index contributed by atoms with van der Waals surface area (Å²) in [6, 6.07) is 2.04. The van der Waals surface area contributed by atoms with Gasteiger partial charge in [-0.25, -0.2) is 0 Å². The molecule has 1 heterocycles. The Hall–Kier alpha value is -0.110. The second-order valence-electron chi connectivity index (χ2n) is 3.48. The van der Waals surface area contributed by atoms with Crippen LogP contribution in [0.5, 0.6) is 0 Å². The van der Waals surface area contributed by atoms with Gasteiger partial charge in [-0.2, -0.15) is 13.2 Å². The van der Waals surface area contributed by atoms with Gasteiger partial charge in [0, 0.05) is 21.9 Å². The minimum absolute atomic E-state index is 0.0485. The molecule has 98 valence electrons. The Kier molecular flexibility index (Phi) is 5.91. The fraction of sp³-hybridized carbons (Fsp3) is 0.600. The van der Waals surface area contributed by atoms with Crippen molar-refractivity contribution < 1.29 is 17.9 Å². The predicted molar refractivity (Wildman–Crippen MR) is 65.3 cm³/mol. The number of rotatable bonds is 6. The van der Waals surface area contributed by atoms with E-state index in [0.717, 1.165) is 9.35 Å². The van der Waals surface area contributed by atoms with Crippen molar-refractivity contribution in [2.24, 2.45) is 0 Å². The topological polar surface area (TPSA) is 21.3 Å². The fourth-order valence-corrected chi connectivity index (χ4v) is 2.99. The molecule has 0 amide bonds. The standard InChI is InChI=1S/C10H13BrF3NOS/c1-7(9-8(11)2-5-17-9)15-3-4-16-6-10(12,13)14/h2,5,7,15H,3-4,6H2,1H3. The van der Waals surface area contributed by atoms with E-state index in [-0.39, 0.29) is 12.6 Å². The lowest BCUT2D eigenvalue weighted by molar-refractivity contribution is -0.173. The largest absolute Gasteiger partial charge is 0.411 e. The number of hydrogen-bond donors (Lipinski definition) is 1. The summed E-state index contributed by atoms with van der Waals surface area (Å²) in [6.45, 7) is 1.21. The molecule has 0 aliphatic rings. The first-order chi connectivity index (χ1) is 7.90. The Morgan fingerprint density at radius 1 is 1.53 bits per heavy atom. The molecule has 0 fully saturated rings. The number of thiophene rings is 1. The average molecular weight is 332 g/mol. The third-order valence-corrected chi connectivity index (χ3v) is 4.05. The molecule has 1 unspecified atom stereocenters. The molecule has 0 radical (unpaired) electrons. The number of halogens is 4. The van der Waals surface area contributed by atoms with Crippen molar-refractivity contribution in [3.8, 4) is 0 Å². The Balaban J connectivity index is 2.17. The Labute approximate surface area is 110 Å². The van der Waals surface area contributed by atoms with Crippen LogP contribution in [0.1, 0.15) is 17.8 Å². The van der Waals surface area contributed by atoms with Crippen LogP contribution >= 0.6 is 27.3 Å². The normalized spacial score (nSPS) is 13.9. The maximum Gasteiger partial charge on any atom is 0.411 e. The molecule has 0 aliphatic heterocycles. The molecule has 1 rings (SSSR count). The van der Waals surface area contributed by atoms with Crippen LogP contribution in [0.25, 0.3) is 0 Å². The Bertz CT molecular complexity index is 343. The zero-order valence-corrected chi connectivity index (χ0v) is 11.6. The molecular formula is C10H13BrF3NOS. The van der Waals surface area contributed by atoms with Crippen LogP contribution in [0.15, 0.2) is 15.9 Å². The van der Waals surface area contributed by atoms with Crippen molar-refractivity contribution in [1.82, 2.24) is 5.32 Å². The van der Waals surface area contributed by atoms with Gasteiger partial charge < -0.3 is 10.1 Å². The number of alkyl halides is 3. The molecule has 1 aromatic rings. The summed E-state index contributed by atoms with van der Waals surface area (Å²) < 4.78 is 40.8. The van der Waals surface area contributed by atoms with Crippen LogP contribution in [0.3, 0.4) is 0 Å². The molecule has 17 heavy (non-hydrogen) atoms. The third kappa shape index (κ3) is 5.85. The van der Waals surface area contributed by atoms with E-state index >= 15 is 0 Å². The number of nitrogens with one attached hydrogen (secondary N) is 1. The second-order valence-corrected chi connectivity index (χ2v) is 5.28. The van der Waals surface area contributed by atoms with Crippen molar-refractivity contribution in [1.29, 1.82) is 0 Å². The molecule has 2 nitrogen and oxygen atoms in total. The highest BCUT2D eigenvalue weighted by atomic mass is 79.9. The molecule has 1 atom stereocenters. The smallest absolute Gasteiger partial charge is 0.371 e. The summed E-state index contributed by atoms with van der Waals surface area (Å²) in [4.78, 5) is 1.13. The highest BCUT2D eigenvalue weighted by Gasteiger charge is 2.27. The molecule has 0 aliphatic carbocycles. The van der Waals surface area contributed by atoms with E-state index in [1.165, 1.54) is 0 Å². The zero-order valence-electron chi connectivity index (χ0n) is 9.18. The number of ether oxygens (including phenoxy) is 1. The lowest BCUT2D eigenvalue weighted by Crippen LogP contribution is -2.25. The molecule has 0 spiro atoms. The van der Waals surface area contributed by atoms with Crippen molar-refractivity contribution >= 4 is 27.3 Å². The monoisotopic (exact) mass is 331 g/mol. The van der Waals surface area contributed by atoms with Gasteiger partial charge in [-0.15, -0.1) is 11.3 Å². The summed E-state index contributed by atoms with van der Waals surface area (Å²) in [5.41, 5.74) is 0. The van der Waals surface area contributed by atoms with E-state index in [0.29, 0.717) is 6.54 Å². The maximum absolute atomic E-state index is 11.8. The van der Waals surface area contributed by atoms with Gasteiger partial charge in [0.25, 0.3) is 0 Å². The zero-order chi connectivity index (χ0) is 12.9. The average Bonchev–Trinajstić information content (AvgIpc) is 2.62. The molecule has 0 bridgehead atoms. The van der Waals surface area contributed by atoms with Crippen LogP contribution in [0.4, 0.5) is 13.2 Å². The minimum atomic E-state index is -4.25. The Morgan fingerprint density at radius 3 is 2.76 bits per heavy atom. The minimum Gasteiger partial charge on any atom is -0.371 e. The van der Waals surface area contributed by atoms with Gasteiger partial charge in [-0.1, -0.05) is 0 Å². The van der Waals surface area contributed by atoms with Crippen LogP contribution in [-0.4, -0.2) is 25.9 Å². The summed E-state index contributed by atoms with van der Waals surface area (Å²) in [7, 11) is 0. The predicted octanol–water partition coefficient (Wildman–Crippen LogP) is 3.74. The molecule has 1 N–H and O–H groups in total. The van der Waals surface area contributed by atoms with Crippen molar-refractivity contribution in [3.05, 3.63) is 20.8 Å². The van der Waals surface area contributed by atoms with E-state index in [1.54, 1.807) is 11.3 Å². The lowest BCUT2D eigenvalue weighted by Gasteiger charge is -2.13. The molecule has 1 aromatic heterocycles. The summed E-state index contributed by atoms with van der Waals surface area (Å²) in [5, 5.41) is 5.06. The van der Waals surface area contributed by atoms with Crippen LogP contribution in [-0.2, 0) is 4.74 Å². The van der Waals surface area contributed by atoms with Gasteiger partial charge in [0.2, 0.25) is 0 Å². The maximum atomic E-state index is 11.8. The van der Waals surface area contributed by atoms with E-state index in [1.807, 2.05) is 18.4 Å². The van der Waals surface area contributed by atoms with E-state index in [4.69, 9.17) is 0 Å². The van der Waals surface area contributed by atoms with Crippen molar-refractivity contribution in [3.63, 3.8) is 0 Å². The van der Waals surface area contributed by atoms with Gasteiger partial charge in [-0.05, 0) is 34.3 Å². The molecule has 0 aromatic carbocycles. The van der Waals surface area contributed by atoms with Gasteiger partial charge >= 0.3 is 6.18 Å². The van der Waals surface area contributed by atoms with E-state index < -0.39 is 12.8 Å². The quantitative estimate of drug-likeness (QED) is 0.802. The van der Waals surface area contributed by atoms with Crippen LogP contribution in [0.2, 0.25) is 0 Å². The molecule has 0 saturated carbocycles. The summed E-state index contributed by atoms with van der Waals surface area (Å²) in [6.07, 6.45) is -4.25. The van der Waals surface area contributed by atoms with E-state index in [2.05, 4.69) is 26.0 Å². The van der Waals surface area contributed by atoms with Gasteiger partial charge in [0.05, 0.1) is 6.61 Å². The summed E-state index contributed by atoms with van der Waals surface area (Å²) in [5.74, 6) is 0. The Morgan fingerprint density at radius 2 is 2.24 bits per heavy atom. The van der Waals surface area contributed by atoms with Crippen molar-refractivity contribution in [2.45, 2.75) is 19.1 Å². The first kappa shape index (κ1) is 14.9. The van der Waals surface area contributed by atoms with Gasteiger partial charge in [-0.3, -0.25) is 0 Å². The highest BCUT2D eigenvalue weighted by Crippen LogP contribution is 2.28. The first-order valence-electron chi connectivity index (χ1n) is 5.01. The van der Waals surface area contributed by atoms with Crippen LogP contribution in [0, 0.1) is 0 Å². The third-order valence-electron chi connectivity index (χ3n) is 2.00. The summed E-state index contributed by atoms with van der Waals surface area (Å²) >= 11 is 5.00. The molecule has 7 heteroatoms. The van der Waals surface area contributed by atoms with Crippen LogP contribution < -0.4 is 5.32 Å². The van der Waals surface area contributed by atoms with E-state index in [9.17, 15) is 13.2 Å². The molecule has 0 saturated heterocycles. The second kappa shape index (κ2) is 6.72. The fourth-order valence-electron chi connectivity index (χ4n) is 1.24. The van der Waals surface area contributed by atoms with Crippen molar-refractivity contribution in [2.75, 3.05) is 19.8 Å². The first-order valence-corrected chi connectivity index (χ1v) is 6.68. The number of hydrogen-bond acceptors (Lipinski definition) is 3. The molecular weight excluding hydrogens is 319 g/mol. The lowest BCUT2D eigenvalue weighted by atomic mass is 10.3. The van der Waals surface area contributed by atoms with Gasteiger partial charge in [0.1, 0.15) is 6.61 Å². The highest BCUT2D eigenvalue weighted by molar-refractivity contribution is 9.10.